The molecule has 0 fully saturated rings. The second kappa shape index (κ2) is 8.76. The first-order chi connectivity index (χ1) is 12.0. The summed E-state index contributed by atoms with van der Waals surface area (Å²) in [5, 5.41) is 13.5. The highest BCUT2D eigenvalue weighted by atomic mass is 32.2. The monoisotopic (exact) mass is 356 g/mol. The van der Waals surface area contributed by atoms with Crippen molar-refractivity contribution in [2.24, 2.45) is 0 Å². The highest BCUT2D eigenvalue weighted by Gasteiger charge is 2.11. The van der Waals surface area contributed by atoms with Gasteiger partial charge in [0.2, 0.25) is 0 Å². The van der Waals surface area contributed by atoms with E-state index in [1.165, 1.54) is 18.4 Å². The molecule has 7 heteroatoms. The quantitative estimate of drug-likeness (QED) is 0.367. The molecule has 0 unspecified atom stereocenters. The first-order valence-electron chi connectivity index (χ1n) is 7.35. The molecule has 2 rings (SSSR count). The maximum absolute atomic E-state index is 12.0. The van der Waals surface area contributed by atoms with Gasteiger partial charge in [0.05, 0.1) is 6.26 Å². The summed E-state index contributed by atoms with van der Waals surface area (Å²) in [5.41, 5.74) is 2.31. The highest BCUT2D eigenvalue weighted by Crippen LogP contribution is 2.27. The third-order valence-electron chi connectivity index (χ3n) is 3.21. The molecule has 0 atom stereocenters. The average molecular weight is 356 g/mol. The van der Waals surface area contributed by atoms with Crippen LogP contribution in [0.25, 0.3) is 6.08 Å². The van der Waals surface area contributed by atoms with E-state index in [9.17, 15) is 9.59 Å². The Balaban J connectivity index is 1.90. The first-order valence-corrected chi connectivity index (χ1v) is 8.16. The van der Waals surface area contributed by atoms with Crippen LogP contribution in [-0.4, -0.2) is 18.5 Å². The van der Waals surface area contributed by atoms with Crippen molar-refractivity contribution >= 4 is 35.4 Å². The van der Waals surface area contributed by atoms with Crippen LogP contribution in [0.2, 0.25) is 0 Å². The number of carbonyl (C=O) groups excluding carboxylic acids is 2. The Morgan fingerprint density at radius 3 is 2.68 bits per heavy atom. The van der Waals surface area contributed by atoms with Crippen LogP contribution in [0, 0.1) is 24.5 Å². The van der Waals surface area contributed by atoms with Gasteiger partial charge in [-0.25, -0.2) is 4.79 Å². The number of thiocyanates is 1. The summed E-state index contributed by atoms with van der Waals surface area (Å²) in [6, 6.07) is 7.02. The van der Waals surface area contributed by atoms with Crippen LogP contribution in [0.15, 0.2) is 45.9 Å². The molecule has 0 saturated carbocycles. The Labute approximate surface area is 149 Å². The minimum atomic E-state index is -0.638. The molecule has 0 aliphatic rings. The smallest absolute Gasteiger partial charge is 0.331 e. The molecule has 1 aromatic heterocycles. The maximum atomic E-state index is 12.0. The number of nitrogens with one attached hydrogen (secondary N) is 1. The molecule has 1 aromatic carbocycles. The molecule has 1 N–H and O–H groups in total. The van der Waals surface area contributed by atoms with E-state index < -0.39 is 18.5 Å². The van der Waals surface area contributed by atoms with E-state index in [1.54, 1.807) is 12.1 Å². The standard InChI is InChI=1S/C18H16N2O4S/c1-12-8-15(25-11-19)9-13(2)18(12)20-16(21)10-24-17(22)6-5-14-4-3-7-23-14/h3-9H,10H2,1-2H3,(H,20,21)/b6-5+. The molecule has 1 amide bonds. The van der Waals surface area contributed by atoms with Gasteiger partial charge < -0.3 is 14.5 Å². The van der Waals surface area contributed by atoms with Gasteiger partial charge in [0.25, 0.3) is 5.91 Å². The number of hydrogen-bond donors (Lipinski definition) is 1. The minimum absolute atomic E-state index is 0.394. The van der Waals surface area contributed by atoms with Crippen LogP contribution in [0.4, 0.5) is 5.69 Å². The topological polar surface area (TPSA) is 92.3 Å². The molecule has 25 heavy (non-hydrogen) atoms. The number of aryl methyl sites for hydroxylation is 2. The molecule has 0 bridgehead atoms. The number of rotatable bonds is 6. The molecule has 1 heterocycles. The van der Waals surface area contributed by atoms with E-state index in [4.69, 9.17) is 14.4 Å². The molecule has 0 aliphatic heterocycles. The fourth-order valence-electron chi connectivity index (χ4n) is 2.13. The van der Waals surface area contributed by atoms with Crippen LogP contribution in [-0.2, 0) is 14.3 Å². The Kier molecular flexibility index (Phi) is 6.43. The number of esters is 1. The van der Waals surface area contributed by atoms with Gasteiger partial charge in [-0.3, -0.25) is 4.79 Å². The summed E-state index contributed by atoms with van der Waals surface area (Å²) >= 11 is 1.06. The summed E-state index contributed by atoms with van der Waals surface area (Å²) in [7, 11) is 0. The lowest BCUT2D eigenvalue weighted by Crippen LogP contribution is -2.21. The van der Waals surface area contributed by atoms with Crippen LogP contribution >= 0.6 is 11.8 Å². The molecule has 0 saturated heterocycles. The van der Waals surface area contributed by atoms with Gasteiger partial charge in [-0.2, -0.15) is 5.26 Å². The van der Waals surface area contributed by atoms with Crippen molar-refractivity contribution in [3.63, 3.8) is 0 Å². The average Bonchev–Trinajstić information content (AvgIpc) is 3.08. The summed E-state index contributed by atoms with van der Waals surface area (Å²) in [6.07, 6.45) is 4.14. The third-order valence-corrected chi connectivity index (χ3v) is 3.77. The van der Waals surface area contributed by atoms with Crippen LogP contribution in [0.1, 0.15) is 16.9 Å². The van der Waals surface area contributed by atoms with E-state index in [2.05, 4.69) is 5.32 Å². The van der Waals surface area contributed by atoms with E-state index in [0.717, 1.165) is 27.8 Å². The SMILES string of the molecule is Cc1cc(SC#N)cc(C)c1NC(=O)COC(=O)/C=C/c1ccco1. The number of nitrogens with zero attached hydrogens (tertiary/aromatic N) is 1. The lowest BCUT2D eigenvalue weighted by molar-refractivity contribution is -0.142. The van der Waals surface area contributed by atoms with Gasteiger partial charge in [-0.15, -0.1) is 0 Å². The fraction of sp³-hybridized carbons (Fsp3) is 0.167. The predicted octanol–water partition coefficient (Wildman–Crippen LogP) is 3.66. The summed E-state index contributed by atoms with van der Waals surface area (Å²) in [5.74, 6) is -0.560. The molecule has 0 radical (unpaired) electrons. The van der Waals surface area contributed by atoms with Crippen molar-refractivity contribution in [1.29, 1.82) is 5.26 Å². The Bertz CT molecular complexity index is 812. The van der Waals surface area contributed by atoms with Crippen molar-refractivity contribution in [3.8, 4) is 5.40 Å². The van der Waals surface area contributed by atoms with Gasteiger partial charge in [-0.1, -0.05) is 0 Å². The number of benzene rings is 1. The van der Waals surface area contributed by atoms with E-state index in [1.807, 2.05) is 31.4 Å². The molecule has 0 spiro atoms. The minimum Gasteiger partial charge on any atom is -0.465 e. The zero-order valence-electron chi connectivity index (χ0n) is 13.7. The Morgan fingerprint density at radius 1 is 1.36 bits per heavy atom. The molecule has 0 aliphatic carbocycles. The number of nitriles is 1. The second-order valence-electron chi connectivity index (χ2n) is 5.13. The summed E-state index contributed by atoms with van der Waals surface area (Å²) in [4.78, 5) is 24.4. The van der Waals surface area contributed by atoms with E-state index in [0.29, 0.717) is 11.4 Å². The van der Waals surface area contributed by atoms with E-state index >= 15 is 0 Å². The van der Waals surface area contributed by atoms with Crippen LogP contribution in [0.3, 0.4) is 0 Å². The second-order valence-corrected chi connectivity index (χ2v) is 5.99. The number of ether oxygens (including phenoxy) is 1. The third kappa shape index (κ3) is 5.55. The van der Waals surface area contributed by atoms with Gasteiger partial charge in [0.1, 0.15) is 11.2 Å². The van der Waals surface area contributed by atoms with Gasteiger partial charge in [-0.05, 0) is 67.1 Å². The van der Waals surface area contributed by atoms with Crippen molar-refractivity contribution in [2.75, 3.05) is 11.9 Å². The van der Waals surface area contributed by atoms with Crippen molar-refractivity contribution in [1.82, 2.24) is 0 Å². The molecule has 128 valence electrons. The summed E-state index contributed by atoms with van der Waals surface area (Å²) in [6.45, 7) is 3.28. The van der Waals surface area contributed by atoms with Gasteiger partial charge in [0, 0.05) is 16.7 Å². The van der Waals surface area contributed by atoms with Crippen molar-refractivity contribution < 1.29 is 18.7 Å². The summed E-state index contributed by atoms with van der Waals surface area (Å²) < 4.78 is 9.94. The maximum Gasteiger partial charge on any atom is 0.331 e. The highest BCUT2D eigenvalue weighted by molar-refractivity contribution is 8.03. The van der Waals surface area contributed by atoms with Crippen LogP contribution in [0.5, 0.6) is 0 Å². The lowest BCUT2D eigenvalue weighted by atomic mass is 10.1. The molecule has 2 aromatic rings. The van der Waals surface area contributed by atoms with Crippen molar-refractivity contribution in [2.45, 2.75) is 18.7 Å². The van der Waals surface area contributed by atoms with Gasteiger partial charge >= 0.3 is 5.97 Å². The molecule has 6 nitrogen and oxygen atoms in total. The Morgan fingerprint density at radius 2 is 2.08 bits per heavy atom. The zero-order valence-corrected chi connectivity index (χ0v) is 14.6. The Hall–Kier alpha value is -2.98. The van der Waals surface area contributed by atoms with Crippen molar-refractivity contribution in [3.05, 3.63) is 53.5 Å². The largest absolute Gasteiger partial charge is 0.465 e. The normalized spacial score (nSPS) is 10.4. The number of amides is 1. The van der Waals surface area contributed by atoms with Crippen LogP contribution < -0.4 is 5.32 Å². The zero-order chi connectivity index (χ0) is 18.2. The fourth-order valence-corrected chi connectivity index (χ4v) is 2.71. The molecular formula is C18H16N2O4S. The van der Waals surface area contributed by atoms with Gasteiger partial charge in [0.15, 0.2) is 6.61 Å². The number of anilines is 1. The number of furan rings is 1. The number of thioether (sulfide) groups is 1. The predicted molar refractivity (Wildman–Crippen MR) is 94.7 cm³/mol. The van der Waals surface area contributed by atoms with E-state index in [-0.39, 0.29) is 0 Å². The number of carbonyl (C=O) groups is 2. The number of hydrogen-bond acceptors (Lipinski definition) is 6. The molecular weight excluding hydrogens is 340 g/mol. The first kappa shape index (κ1) is 18.4. The lowest BCUT2D eigenvalue weighted by Gasteiger charge is -2.12.